The maximum Gasteiger partial charge on any atom is 0.333 e. The SMILES string of the molecule is C#CCN1CC(C(=O)O)=CC=C1N. The van der Waals surface area contributed by atoms with Crippen LogP contribution in [-0.2, 0) is 4.79 Å². The Bertz CT molecular complexity index is 323. The fourth-order valence-electron chi connectivity index (χ4n) is 1.04. The van der Waals surface area contributed by atoms with E-state index in [1.165, 1.54) is 6.08 Å². The minimum atomic E-state index is -0.939. The van der Waals surface area contributed by atoms with Crippen molar-refractivity contribution in [2.24, 2.45) is 5.73 Å². The molecule has 1 aliphatic heterocycles. The Morgan fingerprint density at radius 2 is 2.46 bits per heavy atom. The molecule has 0 saturated heterocycles. The average Bonchev–Trinajstić information content (AvgIpc) is 2.08. The van der Waals surface area contributed by atoms with Crippen molar-refractivity contribution in [1.29, 1.82) is 0 Å². The first kappa shape index (κ1) is 9.20. The number of terminal acetylenes is 1. The lowest BCUT2D eigenvalue weighted by molar-refractivity contribution is -0.132. The van der Waals surface area contributed by atoms with Gasteiger partial charge in [-0.25, -0.2) is 4.79 Å². The minimum Gasteiger partial charge on any atom is -0.478 e. The summed E-state index contributed by atoms with van der Waals surface area (Å²) in [6.45, 7) is 0.592. The molecule has 1 heterocycles. The number of nitrogens with zero attached hydrogens (tertiary/aromatic N) is 1. The summed E-state index contributed by atoms with van der Waals surface area (Å²) >= 11 is 0. The second-order valence-corrected chi connectivity index (χ2v) is 2.65. The lowest BCUT2D eigenvalue weighted by Gasteiger charge is -2.25. The number of aliphatic carboxylic acids is 1. The van der Waals surface area contributed by atoms with Crippen LogP contribution < -0.4 is 5.73 Å². The molecule has 1 aliphatic rings. The van der Waals surface area contributed by atoms with Crippen LogP contribution in [0, 0.1) is 12.3 Å². The molecule has 0 aromatic heterocycles. The van der Waals surface area contributed by atoms with Crippen molar-refractivity contribution >= 4 is 5.97 Å². The molecule has 0 aliphatic carbocycles. The van der Waals surface area contributed by atoms with Crippen molar-refractivity contribution in [3.05, 3.63) is 23.5 Å². The summed E-state index contributed by atoms with van der Waals surface area (Å²) < 4.78 is 0. The Labute approximate surface area is 76.3 Å². The first-order valence-corrected chi connectivity index (χ1v) is 3.73. The second kappa shape index (κ2) is 3.68. The molecule has 0 aromatic carbocycles. The Morgan fingerprint density at radius 3 is 3.00 bits per heavy atom. The highest BCUT2D eigenvalue weighted by molar-refractivity contribution is 5.87. The van der Waals surface area contributed by atoms with E-state index < -0.39 is 5.97 Å². The maximum absolute atomic E-state index is 10.6. The van der Waals surface area contributed by atoms with E-state index in [0.29, 0.717) is 17.9 Å². The van der Waals surface area contributed by atoms with E-state index in [9.17, 15) is 4.79 Å². The summed E-state index contributed by atoms with van der Waals surface area (Å²) in [7, 11) is 0. The third kappa shape index (κ3) is 2.03. The zero-order valence-corrected chi connectivity index (χ0v) is 7.03. The third-order valence-corrected chi connectivity index (χ3v) is 1.74. The Morgan fingerprint density at radius 1 is 1.77 bits per heavy atom. The van der Waals surface area contributed by atoms with Gasteiger partial charge < -0.3 is 15.7 Å². The number of hydrogen-bond acceptors (Lipinski definition) is 3. The molecule has 1 rings (SSSR count). The van der Waals surface area contributed by atoms with Crippen molar-refractivity contribution in [3.8, 4) is 12.3 Å². The van der Waals surface area contributed by atoms with Crippen LogP contribution >= 0.6 is 0 Å². The topological polar surface area (TPSA) is 66.6 Å². The molecule has 13 heavy (non-hydrogen) atoms. The van der Waals surface area contributed by atoms with Gasteiger partial charge in [0.1, 0.15) is 0 Å². The molecule has 0 amide bonds. The number of hydrogen-bond donors (Lipinski definition) is 2. The lowest BCUT2D eigenvalue weighted by atomic mass is 10.2. The molecule has 0 bridgehead atoms. The van der Waals surface area contributed by atoms with E-state index in [1.54, 1.807) is 11.0 Å². The van der Waals surface area contributed by atoms with Crippen LogP contribution in [0.5, 0.6) is 0 Å². The van der Waals surface area contributed by atoms with Gasteiger partial charge in [-0.05, 0) is 12.2 Å². The van der Waals surface area contributed by atoms with Gasteiger partial charge in [0.25, 0.3) is 0 Å². The zero-order chi connectivity index (χ0) is 9.84. The molecule has 0 unspecified atom stereocenters. The van der Waals surface area contributed by atoms with Gasteiger partial charge in [-0.2, -0.15) is 0 Å². The van der Waals surface area contributed by atoms with Crippen molar-refractivity contribution in [2.45, 2.75) is 0 Å². The number of nitrogens with two attached hydrogens (primary N) is 1. The molecule has 0 fully saturated rings. The lowest BCUT2D eigenvalue weighted by Crippen LogP contribution is -2.33. The second-order valence-electron chi connectivity index (χ2n) is 2.65. The van der Waals surface area contributed by atoms with Gasteiger partial charge >= 0.3 is 5.97 Å². The smallest absolute Gasteiger partial charge is 0.333 e. The molecular formula is C9H10N2O2. The average molecular weight is 178 g/mol. The summed E-state index contributed by atoms with van der Waals surface area (Å²) in [5, 5.41) is 8.69. The van der Waals surface area contributed by atoms with Crippen LogP contribution in [0.3, 0.4) is 0 Å². The molecule has 0 atom stereocenters. The van der Waals surface area contributed by atoms with Crippen LogP contribution in [0.15, 0.2) is 23.5 Å². The molecule has 0 spiro atoms. The van der Waals surface area contributed by atoms with Crippen LogP contribution in [-0.4, -0.2) is 29.1 Å². The number of rotatable bonds is 2. The summed E-state index contributed by atoms with van der Waals surface area (Å²) in [4.78, 5) is 12.2. The van der Waals surface area contributed by atoms with Gasteiger partial charge in [-0.3, -0.25) is 0 Å². The maximum atomic E-state index is 10.6. The number of allylic oxidation sites excluding steroid dienone is 2. The van der Waals surface area contributed by atoms with Crippen molar-refractivity contribution < 1.29 is 9.90 Å². The molecular weight excluding hydrogens is 168 g/mol. The van der Waals surface area contributed by atoms with Crippen molar-refractivity contribution in [1.82, 2.24) is 4.90 Å². The minimum absolute atomic E-state index is 0.266. The van der Waals surface area contributed by atoms with Crippen LogP contribution in [0.1, 0.15) is 0 Å². The van der Waals surface area contributed by atoms with Crippen molar-refractivity contribution in [2.75, 3.05) is 13.1 Å². The number of carboxylic acid groups (broad SMARTS) is 1. The largest absolute Gasteiger partial charge is 0.478 e. The molecule has 3 N–H and O–H groups in total. The van der Waals surface area contributed by atoms with Gasteiger partial charge in [0.05, 0.1) is 24.5 Å². The Balaban J connectivity index is 2.78. The van der Waals surface area contributed by atoms with E-state index in [2.05, 4.69) is 5.92 Å². The number of carbonyl (C=O) groups is 1. The zero-order valence-electron chi connectivity index (χ0n) is 7.03. The Hall–Kier alpha value is -1.89. The normalized spacial score (nSPS) is 15.8. The highest BCUT2D eigenvalue weighted by Crippen LogP contribution is 2.10. The quantitative estimate of drug-likeness (QED) is 0.572. The van der Waals surface area contributed by atoms with E-state index in [4.69, 9.17) is 17.3 Å². The van der Waals surface area contributed by atoms with Gasteiger partial charge in [-0.15, -0.1) is 6.42 Å². The first-order valence-electron chi connectivity index (χ1n) is 3.73. The molecule has 4 heteroatoms. The molecule has 0 saturated carbocycles. The molecule has 68 valence electrons. The van der Waals surface area contributed by atoms with Gasteiger partial charge in [-0.1, -0.05) is 5.92 Å². The first-order chi connectivity index (χ1) is 6.15. The fourth-order valence-corrected chi connectivity index (χ4v) is 1.04. The van der Waals surface area contributed by atoms with E-state index in [1.807, 2.05) is 0 Å². The fraction of sp³-hybridized carbons (Fsp3) is 0.222. The predicted octanol–water partition coefficient (Wildman–Crippen LogP) is -0.254. The summed E-state index contributed by atoms with van der Waals surface area (Å²) in [6.07, 6.45) is 8.14. The third-order valence-electron chi connectivity index (χ3n) is 1.74. The van der Waals surface area contributed by atoms with Gasteiger partial charge in [0.15, 0.2) is 0 Å². The summed E-state index contributed by atoms with van der Waals surface area (Å²) in [5.41, 5.74) is 5.88. The molecule has 0 aromatic rings. The highest BCUT2D eigenvalue weighted by atomic mass is 16.4. The monoisotopic (exact) mass is 178 g/mol. The number of carboxylic acids is 1. The standard InChI is InChI=1S/C9H10N2O2/c1-2-5-11-6-7(9(12)13)3-4-8(11)10/h1,3-4H,5-6,10H2,(H,12,13). The molecule has 0 radical (unpaired) electrons. The van der Waals surface area contributed by atoms with Gasteiger partial charge in [0, 0.05) is 0 Å². The molecule has 4 nitrogen and oxygen atoms in total. The van der Waals surface area contributed by atoms with Crippen LogP contribution in [0.2, 0.25) is 0 Å². The highest BCUT2D eigenvalue weighted by Gasteiger charge is 2.16. The predicted molar refractivity (Wildman–Crippen MR) is 48.4 cm³/mol. The van der Waals surface area contributed by atoms with E-state index in [-0.39, 0.29) is 6.54 Å². The van der Waals surface area contributed by atoms with Crippen molar-refractivity contribution in [3.63, 3.8) is 0 Å². The van der Waals surface area contributed by atoms with Crippen LogP contribution in [0.25, 0.3) is 0 Å². The van der Waals surface area contributed by atoms with E-state index in [0.717, 1.165) is 0 Å². The van der Waals surface area contributed by atoms with Gasteiger partial charge in [0.2, 0.25) is 0 Å². The summed E-state index contributed by atoms with van der Waals surface area (Å²) in [6, 6.07) is 0. The summed E-state index contributed by atoms with van der Waals surface area (Å²) in [5.74, 6) is 1.98. The van der Waals surface area contributed by atoms with E-state index >= 15 is 0 Å². The Kier molecular flexibility index (Phi) is 2.60. The van der Waals surface area contributed by atoms with Crippen LogP contribution in [0.4, 0.5) is 0 Å².